The number of phenolic OH excluding ortho intramolecular Hbond substituents is 2. The molecule has 6 heteroatoms. The maximum absolute atomic E-state index is 12.3. The number of ether oxygens (including phenoxy) is 1. The van der Waals surface area contributed by atoms with Gasteiger partial charge in [-0.15, -0.1) is 0 Å². The summed E-state index contributed by atoms with van der Waals surface area (Å²) in [6, 6.07) is 2.44. The first-order valence-corrected chi connectivity index (χ1v) is 7.84. The number of rotatable bonds is 0. The van der Waals surface area contributed by atoms with E-state index in [4.69, 9.17) is 4.74 Å². The summed E-state index contributed by atoms with van der Waals surface area (Å²) in [5, 5.41) is 39.3. The molecule has 0 amide bonds. The van der Waals surface area contributed by atoms with Crippen molar-refractivity contribution in [2.75, 3.05) is 0 Å². The highest BCUT2D eigenvalue weighted by molar-refractivity contribution is 5.97. The summed E-state index contributed by atoms with van der Waals surface area (Å²) in [6.45, 7) is 1.68. The van der Waals surface area contributed by atoms with Crippen LogP contribution < -0.4 is 0 Å². The molecule has 4 N–H and O–H groups in total. The van der Waals surface area contributed by atoms with Crippen molar-refractivity contribution in [2.45, 2.75) is 44.5 Å². The molecule has 0 fully saturated rings. The Morgan fingerprint density at radius 2 is 1.92 bits per heavy atom. The van der Waals surface area contributed by atoms with Crippen molar-refractivity contribution in [3.63, 3.8) is 0 Å². The van der Waals surface area contributed by atoms with Crippen LogP contribution in [-0.4, -0.2) is 44.7 Å². The quantitative estimate of drug-likeness (QED) is 0.428. The van der Waals surface area contributed by atoms with Crippen molar-refractivity contribution in [2.24, 2.45) is 0 Å². The molecular weight excluding hydrogens is 312 g/mol. The molecule has 0 saturated carbocycles. The molecule has 1 aliphatic rings. The van der Waals surface area contributed by atoms with Gasteiger partial charge in [0, 0.05) is 12.5 Å². The average molecular weight is 334 g/mol. The zero-order valence-corrected chi connectivity index (χ0v) is 13.4. The number of esters is 1. The highest BCUT2D eigenvalue weighted by Crippen LogP contribution is 2.29. The van der Waals surface area contributed by atoms with Crippen LogP contribution in [0.5, 0.6) is 11.5 Å². The van der Waals surface area contributed by atoms with Crippen molar-refractivity contribution >= 4 is 12.0 Å². The SMILES string of the molecule is C[C@@H]1C/C=C/[C@H](O)[C@@H](O)CC/C=C/c2cc(O)cc(O)c2C(=O)O1. The van der Waals surface area contributed by atoms with E-state index in [0.717, 1.165) is 6.07 Å². The predicted molar refractivity (Wildman–Crippen MR) is 88.7 cm³/mol. The number of benzene rings is 1. The molecule has 0 aromatic heterocycles. The standard InChI is InChI=1S/C18H22O6/c1-11-5-4-8-15(21)14(20)7-3-2-6-12-9-13(19)10-16(22)17(12)18(23)24-11/h2,4,6,8-11,14-15,19-22H,3,5,7H2,1H3/b6-2+,8-4+/t11-,14+,15+/m1/s1. The van der Waals surface area contributed by atoms with Crippen LogP contribution in [0.1, 0.15) is 42.1 Å². The van der Waals surface area contributed by atoms with Gasteiger partial charge >= 0.3 is 5.97 Å². The third-order valence-electron chi connectivity index (χ3n) is 3.77. The van der Waals surface area contributed by atoms with Crippen molar-refractivity contribution < 1.29 is 30.0 Å². The number of fused-ring (bicyclic) bond motifs is 1. The largest absolute Gasteiger partial charge is 0.508 e. The number of allylic oxidation sites excluding steroid dienone is 1. The van der Waals surface area contributed by atoms with E-state index in [2.05, 4.69) is 0 Å². The maximum atomic E-state index is 12.3. The molecule has 0 radical (unpaired) electrons. The van der Waals surface area contributed by atoms with Crippen LogP contribution >= 0.6 is 0 Å². The van der Waals surface area contributed by atoms with Gasteiger partial charge in [-0.1, -0.05) is 24.3 Å². The lowest BCUT2D eigenvalue weighted by Gasteiger charge is -2.16. The summed E-state index contributed by atoms with van der Waals surface area (Å²) in [4.78, 5) is 12.3. The molecule has 3 atom stereocenters. The monoisotopic (exact) mass is 334 g/mol. The first-order valence-electron chi connectivity index (χ1n) is 7.84. The number of aliphatic hydroxyl groups excluding tert-OH is 2. The first kappa shape index (κ1) is 18.0. The van der Waals surface area contributed by atoms with E-state index in [1.54, 1.807) is 25.2 Å². The zero-order valence-electron chi connectivity index (χ0n) is 13.4. The van der Waals surface area contributed by atoms with Crippen LogP contribution in [0.4, 0.5) is 0 Å². The number of carbonyl (C=O) groups is 1. The second-order valence-corrected chi connectivity index (χ2v) is 5.85. The number of phenols is 2. The third-order valence-corrected chi connectivity index (χ3v) is 3.77. The average Bonchev–Trinajstić information content (AvgIpc) is 2.49. The minimum absolute atomic E-state index is 0.0162. The minimum atomic E-state index is -0.982. The van der Waals surface area contributed by atoms with Gasteiger partial charge in [-0.2, -0.15) is 0 Å². The van der Waals surface area contributed by atoms with Gasteiger partial charge in [0.05, 0.1) is 12.2 Å². The number of aromatic hydroxyl groups is 2. The lowest BCUT2D eigenvalue weighted by molar-refractivity contribution is 0.0337. The molecule has 1 aromatic carbocycles. The molecule has 1 aliphatic heterocycles. The molecule has 0 spiro atoms. The minimum Gasteiger partial charge on any atom is -0.508 e. The van der Waals surface area contributed by atoms with Gasteiger partial charge in [0.15, 0.2) is 0 Å². The number of cyclic esters (lactones) is 1. The van der Waals surface area contributed by atoms with E-state index in [9.17, 15) is 25.2 Å². The number of hydrogen-bond donors (Lipinski definition) is 4. The predicted octanol–water partition coefficient (Wildman–Crippen LogP) is 2.12. The fourth-order valence-corrected chi connectivity index (χ4v) is 2.46. The van der Waals surface area contributed by atoms with Crippen molar-refractivity contribution in [1.29, 1.82) is 0 Å². The van der Waals surface area contributed by atoms with Gasteiger partial charge in [-0.3, -0.25) is 0 Å². The molecule has 1 heterocycles. The Bertz CT molecular complexity index is 649. The second-order valence-electron chi connectivity index (χ2n) is 5.85. The summed E-state index contributed by atoms with van der Waals surface area (Å²) in [7, 11) is 0. The molecule has 1 aromatic rings. The lowest BCUT2D eigenvalue weighted by atomic mass is 10.0. The number of carbonyl (C=O) groups excluding carboxylic acids is 1. The summed E-state index contributed by atoms with van der Waals surface area (Å²) < 4.78 is 5.29. The van der Waals surface area contributed by atoms with E-state index >= 15 is 0 Å². The number of hydrogen-bond acceptors (Lipinski definition) is 6. The summed E-state index contributed by atoms with van der Waals surface area (Å²) in [5.41, 5.74) is 0.310. The van der Waals surface area contributed by atoms with Gasteiger partial charge in [0.2, 0.25) is 0 Å². The van der Waals surface area contributed by atoms with Crippen LogP contribution in [-0.2, 0) is 4.74 Å². The summed E-state index contributed by atoms with van der Waals surface area (Å²) in [6.07, 6.45) is 5.18. The Morgan fingerprint density at radius 3 is 2.67 bits per heavy atom. The van der Waals surface area contributed by atoms with E-state index < -0.39 is 24.3 Å². The van der Waals surface area contributed by atoms with E-state index in [1.165, 1.54) is 12.1 Å². The van der Waals surface area contributed by atoms with Crippen LogP contribution in [0.25, 0.3) is 6.08 Å². The van der Waals surface area contributed by atoms with E-state index in [1.807, 2.05) is 0 Å². The molecule has 0 saturated heterocycles. The Hall–Kier alpha value is -2.31. The van der Waals surface area contributed by atoms with Crippen LogP contribution in [0.2, 0.25) is 0 Å². The van der Waals surface area contributed by atoms with Gasteiger partial charge in [-0.05, 0) is 31.4 Å². The topological polar surface area (TPSA) is 107 Å². The smallest absolute Gasteiger partial charge is 0.342 e. The molecular formula is C18H22O6. The van der Waals surface area contributed by atoms with E-state index in [0.29, 0.717) is 24.8 Å². The molecule has 2 rings (SSSR count). The number of aliphatic hydroxyl groups is 2. The van der Waals surface area contributed by atoms with Crippen molar-refractivity contribution in [3.05, 3.63) is 41.5 Å². The van der Waals surface area contributed by atoms with Crippen LogP contribution in [0.3, 0.4) is 0 Å². The summed E-state index contributed by atoms with van der Waals surface area (Å²) >= 11 is 0. The van der Waals surface area contributed by atoms with Gasteiger partial charge in [0.1, 0.15) is 23.2 Å². The highest BCUT2D eigenvalue weighted by atomic mass is 16.5. The second kappa shape index (κ2) is 7.99. The molecule has 6 nitrogen and oxygen atoms in total. The Morgan fingerprint density at radius 1 is 1.17 bits per heavy atom. The highest BCUT2D eigenvalue weighted by Gasteiger charge is 2.20. The van der Waals surface area contributed by atoms with Gasteiger partial charge in [0.25, 0.3) is 0 Å². The molecule has 24 heavy (non-hydrogen) atoms. The molecule has 130 valence electrons. The summed E-state index contributed by atoms with van der Waals surface area (Å²) in [5.74, 6) is -1.22. The normalized spacial score (nSPS) is 28.3. The molecule has 0 bridgehead atoms. The third kappa shape index (κ3) is 4.59. The van der Waals surface area contributed by atoms with Crippen LogP contribution in [0, 0.1) is 0 Å². The van der Waals surface area contributed by atoms with Crippen molar-refractivity contribution in [3.8, 4) is 11.5 Å². The zero-order chi connectivity index (χ0) is 17.7. The molecule has 0 aliphatic carbocycles. The van der Waals surface area contributed by atoms with E-state index in [-0.39, 0.29) is 17.1 Å². The fourth-order valence-electron chi connectivity index (χ4n) is 2.46. The lowest BCUT2D eigenvalue weighted by Crippen LogP contribution is -2.23. The Balaban J connectivity index is 2.36. The maximum Gasteiger partial charge on any atom is 0.342 e. The fraction of sp³-hybridized carbons (Fsp3) is 0.389. The first-order chi connectivity index (χ1) is 11.4. The Labute approximate surface area is 140 Å². The van der Waals surface area contributed by atoms with Gasteiger partial charge < -0.3 is 25.2 Å². The van der Waals surface area contributed by atoms with Gasteiger partial charge in [-0.25, -0.2) is 4.79 Å². The Kier molecular flexibility index (Phi) is 6.00. The van der Waals surface area contributed by atoms with Crippen LogP contribution in [0.15, 0.2) is 30.4 Å². The molecule has 0 unspecified atom stereocenters. The van der Waals surface area contributed by atoms with Crippen molar-refractivity contribution in [1.82, 2.24) is 0 Å².